The number of aliphatic hydroxyl groups is 1. The summed E-state index contributed by atoms with van der Waals surface area (Å²) in [5, 5.41) is 11.4. The molecule has 0 bridgehead atoms. The fourth-order valence-electron chi connectivity index (χ4n) is 4.72. The summed E-state index contributed by atoms with van der Waals surface area (Å²) in [4.78, 5) is 28.2. The molecule has 3 aromatic rings. The van der Waals surface area contributed by atoms with E-state index in [4.69, 9.17) is 14.2 Å². The highest BCUT2D eigenvalue weighted by atomic mass is 16.5. The number of likely N-dealkylation sites (tertiary alicyclic amines) is 1. The van der Waals surface area contributed by atoms with E-state index in [0.717, 1.165) is 16.7 Å². The molecule has 1 aliphatic rings. The highest BCUT2D eigenvalue weighted by Crippen LogP contribution is 2.40. The third kappa shape index (κ3) is 5.37. The second-order valence-corrected chi connectivity index (χ2v) is 9.49. The highest BCUT2D eigenvalue weighted by Gasteiger charge is 2.45. The van der Waals surface area contributed by atoms with Crippen LogP contribution in [-0.2, 0) is 16.0 Å². The van der Waals surface area contributed by atoms with Crippen molar-refractivity contribution >= 4 is 17.4 Å². The van der Waals surface area contributed by atoms with Crippen LogP contribution in [-0.4, -0.2) is 48.6 Å². The molecule has 1 N–H and O–H groups in total. The molecule has 4 rings (SSSR count). The van der Waals surface area contributed by atoms with Crippen molar-refractivity contribution in [1.29, 1.82) is 0 Å². The summed E-state index contributed by atoms with van der Waals surface area (Å²) >= 11 is 0. The number of aryl methyl sites for hydroxylation is 1. The molecule has 0 saturated carbocycles. The van der Waals surface area contributed by atoms with E-state index in [1.54, 1.807) is 32.4 Å². The molecule has 0 aliphatic carbocycles. The molecule has 198 valence electrons. The summed E-state index contributed by atoms with van der Waals surface area (Å²) in [6.07, 6.45) is 0.485. The molecule has 38 heavy (non-hydrogen) atoms. The van der Waals surface area contributed by atoms with Crippen LogP contribution in [0.2, 0.25) is 0 Å². The Kier molecular flexibility index (Phi) is 8.05. The average Bonchev–Trinajstić information content (AvgIpc) is 3.17. The van der Waals surface area contributed by atoms with Gasteiger partial charge in [-0.1, -0.05) is 36.4 Å². The van der Waals surface area contributed by atoms with Gasteiger partial charge in [0.15, 0.2) is 11.5 Å². The van der Waals surface area contributed by atoms with Gasteiger partial charge in [0.2, 0.25) is 0 Å². The quantitative estimate of drug-likeness (QED) is 0.231. The predicted molar refractivity (Wildman–Crippen MR) is 146 cm³/mol. The minimum absolute atomic E-state index is 0.00206. The molecule has 0 radical (unpaired) electrons. The molecule has 0 spiro atoms. The number of methoxy groups -OCH3 is 2. The first kappa shape index (κ1) is 26.8. The van der Waals surface area contributed by atoms with E-state index in [-0.39, 0.29) is 24.0 Å². The highest BCUT2D eigenvalue weighted by molar-refractivity contribution is 6.46. The van der Waals surface area contributed by atoms with Crippen LogP contribution >= 0.6 is 0 Å². The van der Waals surface area contributed by atoms with Crippen LogP contribution in [0.25, 0.3) is 5.76 Å². The molecule has 1 atom stereocenters. The van der Waals surface area contributed by atoms with E-state index in [1.165, 1.54) is 4.90 Å². The molecule has 1 amide bonds. The summed E-state index contributed by atoms with van der Waals surface area (Å²) < 4.78 is 16.5. The van der Waals surface area contributed by atoms with Crippen molar-refractivity contribution in [3.63, 3.8) is 0 Å². The number of aliphatic hydroxyl groups excluding tert-OH is 1. The first-order valence-corrected chi connectivity index (χ1v) is 12.6. The minimum Gasteiger partial charge on any atom is -0.507 e. The topological polar surface area (TPSA) is 85.3 Å². The van der Waals surface area contributed by atoms with Crippen LogP contribution < -0.4 is 14.2 Å². The zero-order valence-corrected chi connectivity index (χ0v) is 22.4. The van der Waals surface area contributed by atoms with Gasteiger partial charge in [0, 0.05) is 12.1 Å². The van der Waals surface area contributed by atoms with Crippen LogP contribution in [0.4, 0.5) is 0 Å². The number of nitrogens with zero attached hydrogens (tertiary/aromatic N) is 1. The van der Waals surface area contributed by atoms with Gasteiger partial charge >= 0.3 is 0 Å². The van der Waals surface area contributed by atoms with Crippen molar-refractivity contribution in [2.75, 3.05) is 20.8 Å². The average molecular weight is 516 g/mol. The maximum absolute atomic E-state index is 13.3. The van der Waals surface area contributed by atoms with E-state index >= 15 is 0 Å². The second-order valence-electron chi connectivity index (χ2n) is 9.49. The standard InChI is InChI=1S/C31H33NO6/c1-19(2)38-24-14-12-23(17-20(24)3)29(33)27-28(22-9-7-6-8-10-22)32(31(35)30(27)34)16-15-21-11-13-25(36-4)26(18-21)37-5/h6-14,17-19,28,33H,15-16H2,1-5H3/b29-27-. The van der Waals surface area contributed by atoms with Crippen molar-refractivity contribution < 1.29 is 28.9 Å². The number of ether oxygens (including phenoxy) is 3. The number of rotatable bonds is 9. The third-order valence-corrected chi connectivity index (χ3v) is 6.56. The lowest BCUT2D eigenvalue weighted by Gasteiger charge is -2.25. The summed E-state index contributed by atoms with van der Waals surface area (Å²) in [6.45, 7) is 6.04. The van der Waals surface area contributed by atoms with Crippen LogP contribution in [0.15, 0.2) is 72.3 Å². The molecule has 1 heterocycles. The SMILES string of the molecule is COc1ccc(CCN2C(=O)C(=O)/C(=C(\O)c3ccc(OC(C)C)c(C)c3)C2c2ccccc2)cc1OC. The van der Waals surface area contributed by atoms with Gasteiger partial charge < -0.3 is 24.2 Å². The molecule has 1 saturated heterocycles. The van der Waals surface area contributed by atoms with Gasteiger partial charge in [-0.05, 0) is 74.2 Å². The van der Waals surface area contributed by atoms with E-state index in [1.807, 2.05) is 69.3 Å². The summed E-state index contributed by atoms with van der Waals surface area (Å²) in [6, 6.07) is 19.4. The Morgan fingerprint density at radius 3 is 2.24 bits per heavy atom. The Morgan fingerprint density at radius 1 is 0.921 bits per heavy atom. The lowest BCUT2D eigenvalue weighted by Crippen LogP contribution is -2.31. The van der Waals surface area contributed by atoms with E-state index < -0.39 is 17.7 Å². The van der Waals surface area contributed by atoms with Crippen molar-refractivity contribution in [2.24, 2.45) is 0 Å². The molecule has 1 fully saturated rings. The predicted octanol–water partition coefficient (Wildman–Crippen LogP) is 5.46. The number of Topliss-reactive ketones (excluding diaryl/α,β-unsaturated/α-hetero) is 1. The molecule has 0 aromatic heterocycles. The lowest BCUT2D eigenvalue weighted by atomic mass is 9.94. The summed E-state index contributed by atoms with van der Waals surface area (Å²) in [5.74, 6) is 0.353. The van der Waals surface area contributed by atoms with Crippen molar-refractivity contribution in [1.82, 2.24) is 4.90 Å². The largest absolute Gasteiger partial charge is 0.507 e. The Balaban J connectivity index is 1.72. The van der Waals surface area contributed by atoms with Crippen LogP contribution in [0.3, 0.4) is 0 Å². The number of ketones is 1. The fourth-order valence-corrected chi connectivity index (χ4v) is 4.72. The Bertz CT molecular complexity index is 1360. The third-order valence-electron chi connectivity index (χ3n) is 6.56. The molecular formula is C31H33NO6. The van der Waals surface area contributed by atoms with Crippen molar-refractivity contribution in [3.8, 4) is 17.2 Å². The van der Waals surface area contributed by atoms with Crippen LogP contribution in [0.5, 0.6) is 17.2 Å². The Hall–Kier alpha value is -4.26. The molecular weight excluding hydrogens is 482 g/mol. The van der Waals surface area contributed by atoms with E-state index in [2.05, 4.69) is 0 Å². The smallest absolute Gasteiger partial charge is 0.295 e. The number of hydrogen-bond donors (Lipinski definition) is 1. The number of hydrogen-bond acceptors (Lipinski definition) is 6. The van der Waals surface area contributed by atoms with Gasteiger partial charge in [0.1, 0.15) is 11.5 Å². The Morgan fingerprint density at radius 2 is 1.61 bits per heavy atom. The fraction of sp³-hybridized carbons (Fsp3) is 0.290. The number of benzene rings is 3. The van der Waals surface area contributed by atoms with Gasteiger partial charge in [-0.3, -0.25) is 9.59 Å². The Labute approximate surface area is 223 Å². The normalized spacial score (nSPS) is 16.7. The van der Waals surface area contributed by atoms with E-state index in [9.17, 15) is 14.7 Å². The number of amides is 1. The van der Waals surface area contributed by atoms with Gasteiger partial charge in [0.05, 0.1) is 31.9 Å². The van der Waals surface area contributed by atoms with Crippen LogP contribution in [0, 0.1) is 6.92 Å². The maximum Gasteiger partial charge on any atom is 0.295 e. The van der Waals surface area contributed by atoms with Gasteiger partial charge in [-0.2, -0.15) is 0 Å². The van der Waals surface area contributed by atoms with Crippen molar-refractivity contribution in [3.05, 3.63) is 94.6 Å². The molecule has 1 aliphatic heterocycles. The molecule has 7 heteroatoms. The minimum atomic E-state index is -0.719. The monoisotopic (exact) mass is 515 g/mol. The zero-order valence-electron chi connectivity index (χ0n) is 22.4. The molecule has 7 nitrogen and oxygen atoms in total. The maximum atomic E-state index is 13.3. The van der Waals surface area contributed by atoms with Gasteiger partial charge in [-0.25, -0.2) is 0 Å². The summed E-state index contributed by atoms with van der Waals surface area (Å²) in [5.41, 5.74) is 3.02. The summed E-state index contributed by atoms with van der Waals surface area (Å²) in [7, 11) is 3.14. The lowest BCUT2D eigenvalue weighted by molar-refractivity contribution is -0.139. The van der Waals surface area contributed by atoms with Gasteiger partial charge in [-0.15, -0.1) is 0 Å². The van der Waals surface area contributed by atoms with E-state index in [0.29, 0.717) is 29.2 Å². The first-order valence-electron chi connectivity index (χ1n) is 12.6. The number of carbonyl (C=O) groups excluding carboxylic acids is 2. The van der Waals surface area contributed by atoms with Crippen LogP contribution in [0.1, 0.15) is 42.1 Å². The second kappa shape index (κ2) is 11.4. The molecule has 3 aromatic carbocycles. The number of carbonyl (C=O) groups is 2. The molecule has 1 unspecified atom stereocenters. The van der Waals surface area contributed by atoms with Gasteiger partial charge in [0.25, 0.3) is 11.7 Å². The van der Waals surface area contributed by atoms with Crippen molar-refractivity contribution in [2.45, 2.75) is 39.3 Å². The zero-order chi connectivity index (χ0) is 27.4. The first-order chi connectivity index (χ1) is 18.2.